The smallest absolute Gasteiger partial charge is 0.229 e. The second kappa shape index (κ2) is 8.63. The van der Waals surface area contributed by atoms with Crippen molar-refractivity contribution in [3.8, 4) is 16.9 Å². The second-order valence-corrected chi connectivity index (χ2v) is 9.10. The predicted octanol–water partition coefficient (Wildman–Crippen LogP) is 5.05. The number of nitrogen functional groups attached to an aromatic ring is 1. The highest BCUT2D eigenvalue weighted by atomic mass is 32.1. The second-order valence-electron chi connectivity index (χ2n) is 8.07. The first kappa shape index (κ1) is 20.5. The fourth-order valence-corrected chi connectivity index (χ4v) is 5.22. The minimum atomic E-state index is -0.0750. The first-order valence-corrected chi connectivity index (χ1v) is 11.6. The van der Waals surface area contributed by atoms with E-state index >= 15 is 0 Å². The van der Waals surface area contributed by atoms with Gasteiger partial charge in [0.25, 0.3) is 0 Å². The highest BCUT2D eigenvalue weighted by Gasteiger charge is 2.23. The van der Waals surface area contributed by atoms with Crippen molar-refractivity contribution in [2.75, 3.05) is 18.2 Å². The zero-order chi connectivity index (χ0) is 22.1. The van der Waals surface area contributed by atoms with Gasteiger partial charge in [0.2, 0.25) is 5.91 Å². The Balaban J connectivity index is 1.50. The Morgan fingerprint density at radius 1 is 1.28 bits per heavy atom. The third-order valence-corrected chi connectivity index (χ3v) is 6.93. The zero-order valence-corrected chi connectivity index (χ0v) is 18.7. The molecule has 32 heavy (non-hydrogen) atoms. The zero-order valence-electron chi connectivity index (χ0n) is 17.9. The summed E-state index contributed by atoms with van der Waals surface area (Å²) in [5.74, 6) is 0.988. The maximum absolute atomic E-state index is 12.5. The molecule has 4 aromatic rings. The number of aromatic nitrogens is 3. The van der Waals surface area contributed by atoms with Crippen molar-refractivity contribution in [3.63, 3.8) is 0 Å². The summed E-state index contributed by atoms with van der Waals surface area (Å²) in [6.07, 6.45) is 8.75. The number of nitrogens with zero attached hydrogens (tertiary/aromatic N) is 3. The minimum absolute atomic E-state index is 0.0750. The Morgan fingerprint density at radius 3 is 2.88 bits per heavy atom. The predicted molar refractivity (Wildman–Crippen MR) is 128 cm³/mol. The molecule has 7 nitrogen and oxygen atoms in total. The Bertz CT molecular complexity index is 1260. The number of carbonyl (C=O) groups is 1. The van der Waals surface area contributed by atoms with E-state index in [0.29, 0.717) is 29.7 Å². The fraction of sp³-hybridized carbons (Fsp3) is 0.292. The Labute approximate surface area is 190 Å². The number of anilines is 2. The SMILES string of the molecule is COc1cc(-c2cn(C3CCCC3)c3ncnc(N)c23)ccc1NC(=O)Cc1cccs1. The van der Waals surface area contributed by atoms with Gasteiger partial charge in [0.05, 0.1) is 24.6 Å². The van der Waals surface area contributed by atoms with Crippen molar-refractivity contribution in [1.82, 2.24) is 14.5 Å². The molecule has 1 amide bonds. The van der Waals surface area contributed by atoms with E-state index < -0.39 is 0 Å². The highest BCUT2D eigenvalue weighted by Crippen LogP contribution is 2.40. The number of benzene rings is 1. The quantitative estimate of drug-likeness (QED) is 0.431. The normalized spacial score (nSPS) is 14.2. The lowest BCUT2D eigenvalue weighted by atomic mass is 10.0. The summed E-state index contributed by atoms with van der Waals surface area (Å²) in [6, 6.07) is 10.1. The third-order valence-electron chi connectivity index (χ3n) is 6.06. The van der Waals surface area contributed by atoms with Crippen LogP contribution in [0, 0.1) is 0 Å². The molecule has 1 aliphatic rings. The average Bonchev–Trinajstić information content (AvgIpc) is 3.55. The van der Waals surface area contributed by atoms with Crippen molar-refractivity contribution < 1.29 is 9.53 Å². The molecule has 1 aliphatic carbocycles. The summed E-state index contributed by atoms with van der Waals surface area (Å²) in [5, 5.41) is 5.79. The molecule has 3 aromatic heterocycles. The van der Waals surface area contributed by atoms with Gasteiger partial charge < -0.3 is 20.4 Å². The Morgan fingerprint density at radius 2 is 2.12 bits per heavy atom. The van der Waals surface area contributed by atoms with Crippen LogP contribution in [0.25, 0.3) is 22.2 Å². The van der Waals surface area contributed by atoms with E-state index in [1.807, 2.05) is 35.7 Å². The lowest BCUT2D eigenvalue weighted by molar-refractivity contribution is -0.115. The van der Waals surface area contributed by atoms with Crippen molar-refractivity contribution in [2.45, 2.75) is 38.1 Å². The summed E-state index contributed by atoms with van der Waals surface area (Å²) < 4.78 is 7.86. The van der Waals surface area contributed by atoms with E-state index in [9.17, 15) is 4.79 Å². The molecule has 164 valence electrons. The van der Waals surface area contributed by atoms with Crippen LogP contribution in [0.2, 0.25) is 0 Å². The fourth-order valence-electron chi connectivity index (χ4n) is 4.52. The molecule has 5 rings (SSSR count). The minimum Gasteiger partial charge on any atom is -0.495 e. The summed E-state index contributed by atoms with van der Waals surface area (Å²) in [5.41, 5.74) is 9.71. The van der Waals surface area contributed by atoms with E-state index in [0.717, 1.165) is 39.9 Å². The van der Waals surface area contributed by atoms with Gasteiger partial charge in [-0.15, -0.1) is 11.3 Å². The largest absolute Gasteiger partial charge is 0.495 e. The van der Waals surface area contributed by atoms with E-state index in [2.05, 4.69) is 26.0 Å². The number of nitrogens with two attached hydrogens (primary N) is 1. The Hall–Kier alpha value is -3.39. The summed E-state index contributed by atoms with van der Waals surface area (Å²) in [7, 11) is 1.60. The number of amides is 1. The standard InChI is InChI=1S/C24H25N5O2S/c1-31-20-11-15(8-9-19(20)28-21(30)12-17-7-4-10-32-17)18-13-29(16-5-2-3-6-16)24-22(18)23(25)26-14-27-24/h4,7-11,13-14,16H,2-3,5-6,12H2,1H3,(H,28,30)(H2,25,26,27). The van der Waals surface area contributed by atoms with Gasteiger partial charge in [0.15, 0.2) is 0 Å². The van der Waals surface area contributed by atoms with Crippen molar-refractivity contribution in [1.29, 1.82) is 0 Å². The molecule has 0 unspecified atom stereocenters. The van der Waals surface area contributed by atoms with Crippen LogP contribution in [0.3, 0.4) is 0 Å². The van der Waals surface area contributed by atoms with Gasteiger partial charge in [-0.3, -0.25) is 4.79 Å². The van der Waals surface area contributed by atoms with Gasteiger partial charge in [-0.1, -0.05) is 25.0 Å². The molecule has 0 saturated heterocycles. The molecular weight excluding hydrogens is 422 g/mol. The summed E-state index contributed by atoms with van der Waals surface area (Å²) in [4.78, 5) is 22.3. The van der Waals surface area contributed by atoms with Gasteiger partial charge in [0, 0.05) is 22.7 Å². The molecule has 8 heteroatoms. The highest BCUT2D eigenvalue weighted by molar-refractivity contribution is 7.10. The van der Waals surface area contributed by atoms with E-state index in [1.54, 1.807) is 18.4 Å². The maximum atomic E-state index is 12.5. The first-order chi connectivity index (χ1) is 15.6. The Kier molecular flexibility index (Phi) is 5.53. The van der Waals surface area contributed by atoms with Crippen LogP contribution in [0.5, 0.6) is 5.75 Å². The maximum Gasteiger partial charge on any atom is 0.229 e. The van der Waals surface area contributed by atoms with Crippen molar-refractivity contribution in [3.05, 3.63) is 53.1 Å². The topological polar surface area (TPSA) is 95.1 Å². The van der Waals surface area contributed by atoms with Crippen LogP contribution < -0.4 is 15.8 Å². The summed E-state index contributed by atoms with van der Waals surface area (Å²) >= 11 is 1.57. The van der Waals surface area contributed by atoms with Gasteiger partial charge in [0.1, 0.15) is 23.5 Å². The van der Waals surface area contributed by atoms with Crippen LogP contribution in [-0.4, -0.2) is 27.6 Å². The number of ether oxygens (including phenoxy) is 1. The number of hydrogen-bond donors (Lipinski definition) is 2. The molecule has 1 aromatic carbocycles. The van der Waals surface area contributed by atoms with Crippen LogP contribution in [0.15, 0.2) is 48.2 Å². The van der Waals surface area contributed by atoms with Crippen molar-refractivity contribution >= 4 is 39.8 Å². The van der Waals surface area contributed by atoms with Crippen LogP contribution >= 0.6 is 11.3 Å². The number of methoxy groups -OCH3 is 1. The lowest BCUT2D eigenvalue weighted by Gasteiger charge is -2.12. The molecule has 1 fully saturated rings. The van der Waals surface area contributed by atoms with Crippen LogP contribution in [-0.2, 0) is 11.2 Å². The molecule has 3 N–H and O–H groups in total. The molecule has 0 bridgehead atoms. The van der Waals surface area contributed by atoms with E-state index in [-0.39, 0.29) is 5.91 Å². The average molecular weight is 448 g/mol. The molecule has 0 atom stereocenters. The number of carbonyl (C=O) groups excluding carboxylic acids is 1. The number of hydrogen-bond acceptors (Lipinski definition) is 6. The third kappa shape index (κ3) is 3.82. The molecule has 0 spiro atoms. The van der Waals surface area contributed by atoms with Crippen LogP contribution in [0.1, 0.15) is 36.6 Å². The molecule has 0 radical (unpaired) electrons. The molecule has 0 aliphatic heterocycles. The number of nitrogens with one attached hydrogen (secondary N) is 1. The number of thiophene rings is 1. The molecule has 3 heterocycles. The molecule has 1 saturated carbocycles. The summed E-state index contributed by atoms with van der Waals surface area (Å²) in [6.45, 7) is 0. The van der Waals surface area contributed by atoms with Crippen molar-refractivity contribution in [2.24, 2.45) is 0 Å². The van der Waals surface area contributed by atoms with Gasteiger partial charge in [-0.2, -0.15) is 0 Å². The van der Waals surface area contributed by atoms with Gasteiger partial charge >= 0.3 is 0 Å². The number of fused-ring (bicyclic) bond motifs is 1. The monoisotopic (exact) mass is 447 g/mol. The first-order valence-electron chi connectivity index (χ1n) is 10.8. The van der Waals surface area contributed by atoms with Gasteiger partial charge in [-0.05, 0) is 42.0 Å². The number of rotatable bonds is 6. The van der Waals surface area contributed by atoms with Gasteiger partial charge in [-0.25, -0.2) is 9.97 Å². The van der Waals surface area contributed by atoms with Crippen LogP contribution in [0.4, 0.5) is 11.5 Å². The lowest BCUT2D eigenvalue weighted by Crippen LogP contribution is -2.14. The molecular formula is C24H25N5O2S. The van der Waals surface area contributed by atoms with E-state index in [1.165, 1.54) is 19.2 Å². The van der Waals surface area contributed by atoms with E-state index in [4.69, 9.17) is 10.5 Å².